The molecule has 1 aromatic heterocycles. The molecular formula is C20H25N5O3. The van der Waals surface area contributed by atoms with Crippen molar-refractivity contribution in [2.24, 2.45) is 5.92 Å². The maximum atomic E-state index is 12.7. The topological polar surface area (TPSA) is 99.5 Å². The van der Waals surface area contributed by atoms with Gasteiger partial charge in [-0.1, -0.05) is 0 Å². The van der Waals surface area contributed by atoms with Crippen molar-refractivity contribution in [3.8, 4) is 0 Å². The van der Waals surface area contributed by atoms with E-state index < -0.39 is 6.10 Å². The molecule has 2 aliphatic rings. The number of aromatic nitrogens is 2. The Hall–Kier alpha value is -2.87. The van der Waals surface area contributed by atoms with Gasteiger partial charge < -0.3 is 25.2 Å². The molecule has 8 nitrogen and oxygen atoms in total. The van der Waals surface area contributed by atoms with Crippen LogP contribution >= 0.6 is 0 Å². The Morgan fingerprint density at radius 3 is 3.04 bits per heavy atom. The standard InChI is InChI=1S/C20H25N5O3/c1-24-6-4-19(27)22-15-10-14(2-3-17(15)24)20(28)23-16-8-13(9-18(16)26)11-25-7-5-21-12-25/h2-3,5,7,10,12-13,16,18,26H,4,6,8-9,11H2,1H3,(H,22,27)(H,23,28)/t13?,16-,18-/m1/s1. The van der Waals surface area contributed by atoms with Crippen LogP contribution in [0.15, 0.2) is 36.9 Å². The van der Waals surface area contributed by atoms with E-state index >= 15 is 0 Å². The molecule has 2 aromatic rings. The number of anilines is 2. The first kappa shape index (κ1) is 18.5. The van der Waals surface area contributed by atoms with Crippen LogP contribution in [0.25, 0.3) is 0 Å². The van der Waals surface area contributed by atoms with Gasteiger partial charge in [-0.2, -0.15) is 0 Å². The number of aliphatic hydroxyl groups is 1. The lowest BCUT2D eigenvalue weighted by Gasteiger charge is -2.20. The molecule has 0 radical (unpaired) electrons. The molecule has 1 aliphatic heterocycles. The molecule has 4 rings (SSSR count). The molecule has 8 heteroatoms. The summed E-state index contributed by atoms with van der Waals surface area (Å²) in [6.45, 7) is 1.41. The number of nitrogens with zero attached hydrogens (tertiary/aromatic N) is 3. The molecule has 1 aliphatic carbocycles. The number of aliphatic hydroxyl groups excluding tert-OH is 1. The van der Waals surface area contributed by atoms with E-state index in [0.29, 0.717) is 30.6 Å². The predicted molar refractivity (Wildman–Crippen MR) is 105 cm³/mol. The SMILES string of the molecule is CN1CCC(=O)Nc2cc(C(=O)N[C@@H]3CC(Cn4ccnc4)C[C@H]3O)ccc21. The maximum absolute atomic E-state index is 12.7. The van der Waals surface area contributed by atoms with Crippen LogP contribution in [-0.2, 0) is 11.3 Å². The average Bonchev–Trinajstić information content (AvgIpc) is 3.26. The minimum Gasteiger partial charge on any atom is -0.391 e. The molecular weight excluding hydrogens is 358 g/mol. The highest BCUT2D eigenvalue weighted by molar-refractivity contribution is 6.01. The zero-order valence-corrected chi connectivity index (χ0v) is 15.8. The lowest BCUT2D eigenvalue weighted by atomic mass is 10.1. The second-order valence-corrected chi connectivity index (χ2v) is 7.70. The van der Waals surface area contributed by atoms with Gasteiger partial charge in [0.25, 0.3) is 5.91 Å². The number of benzene rings is 1. The molecule has 1 unspecified atom stereocenters. The summed E-state index contributed by atoms with van der Waals surface area (Å²) >= 11 is 0. The lowest BCUT2D eigenvalue weighted by Crippen LogP contribution is -2.40. The van der Waals surface area contributed by atoms with Gasteiger partial charge in [0.05, 0.1) is 29.8 Å². The van der Waals surface area contributed by atoms with Crippen molar-refractivity contribution < 1.29 is 14.7 Å². The number of hydrogen-bond acceptors (Lipinski definition) is 5. The molecule has 3 N–H and O–H groups in total. The first-order valence-electron chi connectivity index (χ1n) is 9.59. The highest BCUT2D eigenvalue weighted by Crippen LogP contribution is 2.30. The van der Waals surface area contributed by atoms with Crippen molar-refractivity contribution in [3.05, 3.63) is 42.5 Å². The first-order valence-corrected chi connectivity index (χ1v) is 9.59. The highest BCUT2D eigenvalue weighted by Gasteiger charge is 2.34. The molecule has 1 saturated carbocycles. The fourth-order valence-corrected chi connectivity index (χ4v) is 4.08. The predicted octanol–water partition coefficient (Wildman–Crippen LogP) is 1.23. The minimum atomic E-state index is -0.566. The van der Waals surface area contributed by atoms with Gasteiger partial charge >= 0.3 is 0 Å². The van der Waals surface area contributed by atoms with Gasteiger partial charge in [-0.25, -0.2) is 4.98 Å². The van der Waals surface area contributed by atoms with E-state index in [1.165, 1.54) is 0 Å². The van der Waals surface area contributed by atoms with E-state index in [4.69, 9.17) is 0 Å². The monoisotopic (exact) mass is 383 g/mol. The smallest absolute Gasteiger partial charge is 0.251 e. The molecule has 0 spiro atoms. The van der Waals surface area contributed by atoms with Crippen LogP contribution < -0.4 is 15.5 Å². The summed E-state index contributed by atoms with van der Waals surface area (Å²) in [5.41, 5.74) is 2.01. The van der Waals surface area contributed by atoms with E-state index in [1.807, 2.05) is 28.8 Å². The molecule has 3 atom stereocenters. The number of carbonyl (C=O) groups is 2. The van der Waals surface area contributed by atoms with Gasteiger partial charge in [0, 0.05) is 44.5 Å². The molecule has 148 valence electrons. The number of imidazole rings is 1. The summed E-state index contributed by atoms with van der Waals surface area (Å²) < 4.78 is 1.99. The van der Waals surface area contributed by atoms with Crippen molar-refractivity contribution in [1.82, 2.24) is 14.9 Å². The number of nitrogens with one attached hydrogen (secondary N) is 2. The van der Waals surface area contributed by atoms with Gasteiger partial charge in [-0.05, 0) is 37.0 Å². The van der Waals surface area contributed by atoms with Crippen LogP contribution in [0.4, 0.5) is 11.4 Å². The average molecular weight is 383 g/mol. The third kappa shape index (κ3) is 3.87. The Morgan fingerprint density at radius 2 is 2.25 bits per heavy atom. The van der Waals surface area contributed by atoms with Crippen LogP contribution in [0.5, 0.6) is 0 Å². The number of hydrogen-bond donors (Lipinski definition) is 3. The molecule has 2 heterocycles. The van der Waals surface area contributed by atoms with Crippen molar-refractivity contribution in [2.45, 2.75) is 38.0 Å². The van der Waals surface area contributed by atoms with Crippen LogP contribution in [0.3, 0.4) is 0 Å². The summed E-state index contributed by atoms with van der Waals surface area (Å²) in [4.78, 5) is 30.7. The fourth-order valence-electron chi connectivity index (χ4n) is 4.08. The van der Waals surface area contributed by atoms with Crippen molar-refractivity contribution in [3.63, 3.8) is 0 Å². The molecule has 0 saturated heterocycles. The maximum Gasteiger partial charge on any atom is 0.251 e. The van der Waals surface area contributed by atoms with E-state index in [1.54, 1.807) is 24.7 Å². The quantitative estimate of drug-likeness (QED) is 0.738. The van der Waals surface area contributed by atoms with Crippen molar-refractivity contribution in [1.29, 1.82) is 0 Å². The van der Waals surface area contributed by atoms with Crippen LogP contribution in [-0.4, -0.2) is 52.2 Å². The number of amides is 2. The molecule has 1 fully saturated rings. The second-order valence-electron chi connectivity index (χ2n) is 7.70. The Labute approximate surface area is 163 Å². The number of fused-ring (bicyclic) bond motifs is 1. The Balaban J connectivity index is 1.43. The summed E-state index contributed by atoms with van der Waals surface area (Å²) in [6, 6.07) is 5.03. The van der Waals surface area contributed by atoms with E-state index in [2.05, 4.69) is 15.6 Å². The Morgan fingerprint density at radius 1 is 1.39 bits per heavy atom. The highest BCUT2D eigenvalue weighted by atomic mass is 16.3. The van der Waals surface area contributed by atoms with E-state index in [0.717, 1.165) is 18.7 Å². The molecule has 0 bridgehead atoms. The van der Waals surface area contributed by atoms with Crippen LogP contribution in [0, 0.1) is 5.92 Å². The zero-order chi connectivity index (χ0) is 19.7. The molecule has 2 amide bonds. The summed E-state index contributed by atoms with van der Waals surface area (Å²) in [6.07, 6.45) is 6.62. The molecule has 1 aromatic carbocycles. The third-order valence-electron chi connectivity index (χ3n) is 5.59. The molecule has 28 heavy (non-hydrogen) atoms. The van der Waals surface area contributed by atoms with Gasteiger partial charge in [-0.15, -0.1) is 0 Å². The summed E-state index contributed by atoms with van der Waals surface area (Å²) in [5, 5.41) is 16.2. The third-order valence-corrected chi connectivity index (χ3v) is 5.59. The van der Waals surface area contributed by atoms with Crippen molar-refractivity contribution >= 4 is 23.2 Å². The largest absolute Gasteiger partial charge is 0.391 e. The van der Waals surface area contributed by atoms with Gasteiger partial charge in [0.15, 0.2) is 0 Å². The van der Waals surface area contributed by atoms with Gasteiger partial charge in [-0.3, -0.25) is 9.59 Å². The van der Waals surface area contributed by atoms with E-state index in [9.17, 15) is 14.7 Å². The minimum absolute atomic E-state index is 0.0586. The Kier molecular flexibility index (Phi) is 5.04. The summed E-state index contributed by atoms with van der Waals surface area (Å²) in [7, 11) is 1.92. The van der Waals surface area contributed by atoms with Crippen LogP contribution in [0.1, 0.15) is 29.6 Å². The van der Waals surface area contributed by atoms with Crippen molar-refractivity contribution in [2.75, 3.05) is 23.8 Å². The fraction of sp³-hybridized carbons (Fsp3) is 0.450. The van der Waals surface area contributed by atoms with E-state index in [-0.39, 0.29) is 23.8 Å². The van der Waals surface area contributed by atoms with Crippen LogP contribution in [0.2, 0.25) is 0 Å². The normalized spacial score (nSPS) is 24.4. The lowest BCUT2D eigenvalue weighted by molar-refractivity contribution is -0.115. The van der Waals surface area contributed by atoms with Gasteiger partial charge in [0.2, 0.25) is 5.91 Å². The number of carbonyl (C=O) groups excluding carboxylic acids is 2. The summed E-state index contributed by atoms with van der Waals surface area (Å²) in [5.74, 6) is -0.0116. The number of rotatable bonds is 4. The second kappa shape index (κ2) is 7.63. The van der Waals surface area contributed by atoms with Gasteiger partial charge in [0.1, 0.15) is 0 Å². The first-order chi connectivity index (χ1) is 13.5. The zero-order valence-electron chi connectivity index (χ0n) is 15.8. The Bertz CT molecular complexity index is 867.